The van der Waals surface area contributed by atoms with Crippen LogP contribution in [0, 0.1) is 5.82 Å². The molecular weight excluding hydrogens is 312 g/mol. The predicted molar refractivity (Wildman–Crippen MR) is 86.2 cm³/mol. The monoisotopic (exact) mass is 327 g/mol. The van der Waals surface area contributed by atoms with Gasteiger partial charge in [0, 0.05) is 6.04 Å². The second-order valence-electron chi connectivity index (χ2n) is 4.84. The average molecular weight is 328 g/mol. The van der Waals surface area contributed by atoms with Crippen molar-refractivity contribution in [1.29, 1.82) is 0 Å². The lowest BCUT2D eigenvalue weighted by molar-refractivity contribution is 0.414. The Hall–Kier alpha value is -1.45. The highest BCUT2D eigenvalue weighted by atomic mass is 35.5. The van der Waals surface area contributed by atoms with Crippen molar-refractivity contribution in [1.82, 2.24) is 0 Å². The molecule has 112 valence electrons. The molecule has 1 atom stereocenters. The maximum Gasteiger partial charge on any atom is 0.126 e. The molecule has 0 fully saturated rings. The van der Waals surface area contributed by atoms with E-state index >= 15 is 0 Å². The van der Waals surface area contributed by atoms with Gasteiger partial charge in [0.15, 0.2) is 0 Å². The molecule has 5 heteroatoms. The summed E-state index contributed by atoms with van der Waals surface area (Å²) in [5.41, 5.74) is 1.71. The number of nitrogens with one attached hydrogen (secondary N) is 1. The molecule has 1 unspecified atom stereocenters. The van der Waals surface area contributed by atoms with Crippen molar-refractivity contribution in [2.45, 2.75) is 19.4 Å². The zero-order valence-electron chi connectivity index (χ0n) is 11.8. The van der Waals surface area contributed by atoms with Crippen LogP contribution in [0.5, 0.6) is 5.75 Å². The summed E-state index contributed by atoms with van der Waals surface area (Å²) in [6.07, 6.45) is 0.786. The topological polar surface area (TPSA) is 21.3 Å². The Labute approximate surface area is 133 Å². The van der Waals surface area contributed by atoms with Crippen LogP contribution < -0.4 is 10.1 Å². The fourth-order valence-corrected chi connectivity index (χ4v) is 2.66. The van der Waals surface area contributed by atoms with Crippen LogP contribution in [0.3, 0.4) is 0 Å². The lowest BCUT2D eigenvalue weighted by Crippen LogP contribution is -2.18. The Kier molecular flexibility index (Phi) is 5.32. The van der Waals surface area contributed by atoms with Crippen molar-refractivity contribution in [3.05, 3.63) is 57.8 Å². The number of benzene rings is 2. The molecule has 2 rings (SSSR count). The van der Waals surface area contributed by atoms with Crippen LogP contribution in [-0.2, 0) is 6.42 Å². The number of halogens is 3. The van der Waals surface area contributed by atoms with E-state index < -0.39 is 5.82 Å². The van der Waals surface area contributed by atoms with Gasteiger partial charge in [0.2, 0.25) is 0 Å². The quantitative estimate of drug-likeness (QED) is 0.816. The summed E-state index contributed by atoms with van der Waals surface area (Å²) in [6.45, 7) is 2.01. The maximum absolute atomic E-state index is 13.2. The van der Waals surface area contributed by atoms with Crippen molar-refractivity contribution >= 4 is 28.9 Å². The second-order valence-corrected chi connectivity index (χ2v) is 5.66. The molecule has 0 aliphatic rings. The minimum Gasteiger partial charge on any atom is -0.497 e. The molecule has 0 radical (unpaired) electrons. The molecule has 0 aliphatic heterocycles. The Balaban J connectivity index is 2.06. The Morgan fingerprint density at radius 2 is 1.71 bits per heavy atom. The molecule has 0 amide bonds. The lowest BCUT2D eigenvalue weighted by Gasteiger charge is -2.18. The molecule has 2 nitrogen and oxygen atoms in total. The highest BCUT2D eigenvalue weighted by Gasteiger charge is 2.11. The van der Waals surface area contributed by atoms with Gasteiger partial charge in [-0.05, 0) is 43.2 Å². The molecule has 21 heavy (non-hydrogen) atoms. The van der Waals surface area contributed by atoms with Crippen molar-refractivity contribution in [3.8, 4) is 5.75 Å². The Morgan fingerprint density at radius 1 is 1.14 bits per heavy atom. The lowest BCUT2D eigenvalue weighted by atomic mass is 10.1. The van der Waals surface area contributed by atoms with Gasteiger partial charge in [-0.1, -0.05) is 35.3 Å². The number of anilines is 1. The third-order valence-electron chi connectivity index (χ3n) is 3.10. The molecule has 0 spiro atoms. The van der Waals surface area contributed by atoms with Crippen LogP contribution in [0.2, 0.25) is 10.0 Å². The van der Waals surface area contributed by atoms with E-state index in [1.54, 1.807) is 7.11 Å². The molecule has 0 aliphatic carbocycles. The molecule has 0 aromatic heterocycles. The Bertz CT molecular complexity index is 593. The van der Waals surface area contributed by atoms with Crippen molar-refractivity contribution in [2.75, 3.05) is 12.4 Å². The first kappa shape index (κ1) is 15.9. The van der Waals surface area contributed by atoms with E-state index in [0.29, 0.717) is 5.69 Å². The second kappa shape index (κ2) is 7.01. The van der Waals surface area contributed by atoms with E-state index in [0.717, 1.165) is 17.7 Å². The number of rotatable bonds is 5. The van der Waals surface area contributed by atoms with Gasteiger partial charge >= 0.3 is 0 Å². The molecule has 1 N–H and O–H groups in total. The predicted octanol–water partition coefficient (Wildman–Crippen LogP) is 5.18. The minimum atomic E-state index is -0.446. The normalized spacial score (nSPS) is 12.0. The third kappa shape index (κ3) is 4.26. The summed E-state index contributed by atoms with van der Waals surface area (Å²) < 4.78 is 18.3. The number of ether oxygens (including phenoxy) is 1. The molecule has 0 bridgehead atoms. The molecule has 0 saturated heterocycles. The maximum atomic E-state index is 13.2. The first-order valence-electron chi connectivity index (χ1n) is 6.53. The number of methoxy groups -OCH3 is 1. The van der Waals surface area contributed by atoms with Gasteiger partial charge in [0.05, 0.1) is 22.8 Å². The molecule has 2 aromatic carbocycles. The summed E-state index contributed by atoms with van der Waals surface area (Å²) in [4.78, 5) is 0. The van der Waals surface area contributed by atoms with E-state index in [1.165, 1.54) is 12.1 Å². The van der Waals surface area contributed by atoms with Crippen LogP contribution in [0.15, 0.2) is 36.4 Å². The van der Waals surface area contributed by atoms with E-state index in [2.05, 4.69) is 5.32 Å². The average Bonchev–Trinajstić information content (AvgIpc) is 2.43. The SMILES string of the molecule is COc1ccc(CC(C)Nc2c(Cl)cc(F)cc2Cl)cc1. The minimum absolute atomic E-state index is 0.0962. The first-order chi connectivity index (χ1) is 9.99. The highest BCUT2D eigenvalue weighted by Crippen LogP contribution is 2.32. The van der Waals surface area contributed by atoms with Crippen LogP contribution in [0.4, 0.5) is 10.1 Å². The van der Waals surface area contributed by atoms with Crippen molar-refractivity contribution in [3.63, 3.8) is 0 Å². The molecular formula is C16H16Cl2FNO. The summed E-state index contributed by atoms with van der Waals surface area (Å²) in [6, 6.07) is 10.4. The smallest absolute Gasteiger partial charge is 0.126 e. The van der Waals surface area contributed by atoms with E-state index in [4.69, 9.17) is 27.9 Å². The van der Waals surface area contributed by atoms with Gasteiger partial charge in [-0.15, -0.1) is 0 Å². The van der Waals surface area contributed by atoms with E-state index in [-0.39, 0.29) is 16.1 Å². The summed E-state index contributed by atoms with van der Waals surface area (Å²) in [5, 5.41) is 3.78. The standard InChI is InChI=1S/C16H16Cl2FNO/c1-10(7-11-3-5-13(21-2)6-4-11)20-16-14(17)8-12(19)9-15(16)18/h3-6,8-10,20H,7H2,1-2H3. The molecule has 0 saturated carbocycles. The fourth-order valence-electron chi connectivity index (χ4n) is 2.09. The van der Waals surface area contributed by atoms with Gasteiger partial charge < -0.3 is 10.1 Å². The molecule has 0 heterocycles. The summed E-state index contributed by atoms with van der Waals surface area (Å²) in [7, 11) is 1.64. The number of hydrogen-bond donors (Lipinski definition) is 1. The van der Waals surface area contributed by atoms with Gasteiger partial charge in [-0.2, -0.15) is 0 Å². The Morgan fingerprint density at radius 3 is 2.24 bits per heavy atom. The zero-order chi connectivity index (χ0) is 15.4. The van der Waals surface area contributed by atoms with Gasteiger partial charge in [0.1, 0.15) is 11.6 Å². The van der Waals surface area contributed by atoms with Gasteiger partial charge in [-0.3, -0.25) is 0 Å². The van der Waals surface area contributed by atoms with E-state index in [9.17, 15) is 4.39 Å². The van der Waals surface area contributed by atoms with Crippen LogP contribution in [-0.4, -0.2) is 13.2 Å². The van der Waals surface area contributed by atoms with Crippen LogP contribution in [0.25, 0.3) is 0 Å². The third-order valence-corrected chi connectivity index (χ3v) is 3.69. The van der Waals surface area contributed by atoms with Crippen molar-refractivity contribution < 1.29 is 9.13 Å². The van der Waals surface area contributed by atoms with Gasteiger partial charge in [0.25, 0.3) is 0 Å². The van der Waals surface area contributed by atoms with Crippen LogP contribution in [0.1, 0.15) is 12.5 Å². The van der Waals surface area contributed by atoms with Gasteiger partial charge in [-0.25, -0.2) is 4.39 Å². The number of hydrogen-bond acceptors (Lipinski definition) is 2. The van der Waals surface area contributed by atoms with E-state index in [1.807, 2.05) is 31.2 Å². The first-order valence-corrected chi connectivity index (χ1v) is 7.29. The van der Waals surface area contributed by atoms with Crippen molar-refractivity contribution in [2.24, 2.45) is 0 Å². The zero-order valence-corrected chi connectivity index (χ0v) is 13.3. The molecule has 2 aromatic rings. The fraction of sp³-hybridized carbons (Fsp3) is 0.250. The summed E-state index contributed by atoms with van der Waals surface area (Å²) in [5.74, 6) is 0.377. The largest absolute Gasteiger partial charge is 0.497 e. The summed E-state index contributed by atoms with van der Waals surface area (Å²) >= 11 is 12.0. The highest BCUT2D eigenvalue weighted by molar-refractivity contribution is 6.39. The van der Waals surface area contributed by atoms with Crippen LogP contribution >= 0.6 is 23.2 Å².